The Labute approximate surface area is 175 Å². The van der Waals surface area contributed by atoms with Crippen molar-refractivity contribution < 1.29 is 13.9 Å². The summed E-state index contributed by atoms with van der Waals surface area (Å²) in [5.74, 6) is 1.45. The van der Waals surface area contributed by atoms with Gasteiger partial charge in [-0.25, -0.2) is 4.98 Å². The number of aromatic nitrogens is 1. The third-order valence-corrected chi connectivity index (χ3v) is 6.03. The Balaban J connectivity index is 1.37. The van der Waals surface area contributed by atoms with Crippen LogP contribution < -0.4 is 0 Å². The number of benzene rings is 1. The lowest BCUT2D eigenvalue weighted by molar-refractivity contribution is -0.133. The first-order chi connectivity index (χ1) is 14.2. The molecule has 0 N–H and O–H groups in total. The molecule has 0 spiro atoms. The van der Waals surface area contributed by atoms with Crippen LogP contribution in [-0.2, 0) is 22.5 Å². The van der Waals surface area contributed by atoms with Crippen LogP contribution in [0, 0.1) is 6.92 Å². The number of rotatable bonds is 8. The van der Waals surface area contributed by atoms with Crippen LogP contribution >= 0.6 is 11.3 Å². The van der Waals surface area contributed by atoms with Crippen LogP contribution in [0.4, 0.5) is 0 Å². The van der Waals surface area contributed by atoms with E-state index in [1.807, 2.05) is 28.5 Å². The van der Waals surface area contributed by atoms with Crippen molar-refractivity contribution in [3.05, 3.63) is 64.3 Å². The maximum atomic E-state index is 13.0. The van der Waals surface area contributed by atoms with Gasteiger partial charge in [0.2, 0.25) is 5.91 Å². The summed E-state index contributed by atoms with van der Waals surface area (Å²) in [7, 11) is 0. The summed E-state index contributed by atoms with van der Waals surface area (Å²) >= 11 is 1.68. The first-order valence-corrected chi connectivity index (χ1v) is 11.0. The second-order valence-corrected chi connectivity index (χ2v) is 8.51. The summed E-state index contributed by atoms with van der Waals surface area (Å²) in [6, 6.07) is 12.2. The van der Waals surface area contributed by atoms with E-state index in [0.29, 0.717) is 31.8 Å². The van der Waals surface area contributed by atoms with E-state index in [1.54, 1.807) is 17.5 Å². The van der Waals surface area contributed by atoms with E-state index >= 15 is 0 Å². The molecule has 5 nitrogen and oxygen atoms in total. The first kappa shape index (κ1) is 19.9. The average Bonchev–Trinajstić information content (AvgIpc) is 3.49. The first-order valence-electron chi connectivity index (χ1n) is 10.1. The maximum Gasteiger partial charge on any atom is 0.223 e. The van der Waals surface area contributed by atoms with Crippen LogP contribution in [0.3, 0.4) is 0 Å². The van der Waals surface area contributed by atoms with E-state index in [9.17, 15) is 4.79 Å². The van der Waals surface area contributed by atoms with Gasteiger partial charge in [-0.2, -0.15) is 0 Å². The smallest absolute Gasteiger partial charge is 0.223 e. The Hall–Kier alpha value is -2.44. The van der Waals surface area contributed by atoms with Gasteiger partial charge in [0.25, 0.3) is 0 Å². The van der Waals surface area contributed by atoms with Gasteiger partial charge in [0, 0.05) is 36.4 Å². The molecule has 1 fully saturated rings. The topological polar surface area (TPSA) is 55.6 Å². The summed E-state index contributed by atoms with van der Waals surface area (Å²) in [5, 5.41) is 2.05. The number of carbonyl (C=O) groups is 1. The normalized spacial score (nSPS) is 16.2. The Morgan fingerprint density at radius 3 is 2.86 bits per heavy atom. The molecule has 0 radical (unpaired) electrons. The lowest BCUT2D eigenvalue weighted by atomic mass is 10.1. The monoisotopic (exact) mass is 410 g/mol. The van der Waals surface area contributed by atoms with Crippen LogP contribution in [-0.4, -0.2) is 35.0 Å². The van der Waals surface area contributed by atoms with Gasteiger partial charge < -0.3 is 14.1 Å². The van der Waals surface area contributed by atoms with Crippen molar-refractivity contribution in [2.75, 3.05) is 13.2 Å². The molecule has 1 aromatic carbocycles. The molecular weight excluding hydrogens is 384 g/mol. The SMILES string of the molecule is Cc1ccc(-c2cnc(CCC(=O)N(Cc3cccs3)CC3CCCO3)o2)cc1. The van der Waals surface area contributed by atoms with Gasteiger partial charge in [0.05, 0.1) is 18.8 Å². The van der Waals surface area contributed by atoms with E-state index in [1.165, 1.54) is 10.4 Å². The highest BCUT2D eigenvalue weighted by Crippen LogP contribution is 2.22. The van der Waals surface area contributed by atoms with E-state index in [4.69, 9.17) is 9.15 Å². The van der Waals surface area contributed by atoms with Crippen molar-refractivity contribution >= 4 is 17.2 Å². The fourth-order valence-corrected chi connectivity index (χ4v) is 4.25. The van der Waals surface area contributed by atoms with Crippen LogP contribution in [0.1, 0.15) is 35.6 Å². The van der Waals surface area contributed by atoms with Crippen LogP contribution in [0.2, 0.25) is 0 Å². The molecule has 2 aromatic heterocycles. The van der Waals surface area contributed by atoms with E-state index in [-0.39, 0.29) is 12.0 Å². The Kier molecular flexibility index (Phi) is 6.42. The molecule has 6 heteroatoms. The standard InChI is InChI=1S/C23H26N2O3S/c1-17-6-8-18(9-7-17)21-14-24-22(28-21)10-11-23(26)25(15-19-4-2-12-27-19)16-20-5-3-13-29-20/h3,5-9,13-14,19H,2,4,10-12,15-16H2,1H3. The van der Waals surface area contributed by atoms with E-state index < -0.39 is 0 Å². The maximum absolute atomic E-state index is 13.0. The molecule has 4 rings (SSSR count). The van der Waals surface area contributed by atoms with Gasteiger partial charge in [-0.05, 0) is 31.2 Å². The van der Waals surface area contributed by atoms with E-state index in [2.05, 4.69) is 30.1 Å². The number of nitrogens with zero attached hydrogens (tertiary/aromatic N) is 2. The summed E-state index contributed by atoms with van der Waals surface area (Å²) in [4.78, 5) is 20.4. The molecule has 1 atom stereocenters. The van der Waals surface area contributed by atoms with Crippen LogP contribution in [0.25, 0.3) is 11.3 Å². The molecule has 1 amide bonds. The molecule has 29 heavy (non-hydrogen) atoms. The van der Waals surface area contributed by atoms with Gasteiger partial charge >= 0.3 is 0 Å². The Morgan fingerprint density at radius 2 is 2.14 bits per heavy atom. The third-order valence-electron chi connectivity index (χ3n) is 5.17. The number of hydrogen-bond acceptors (Lipinski definition) is 5. The number of aryl methyl sites for hydroxylation is 2. The van der Waals surface area contributed by atoms with E-state index in [0.717, 1.165) is 30.8 Å². The quantitative estimate of drug-likeness (QED) is 0.533. The molecule has 3 aromatic rings. The van der Waals surface area contributed by atoms with Gasteiger partial charge in [-0.15, -0.1) is 11.3 Å². The van der Waals surface area contributed by atoms with Gasteiger partial charge in [0.1, 0.15) is 0 Å². The minimum absolute atomic E-state index is 0.115. The highest BCUT2D eigenvalue weighted by molar-refractivity contribution is 7.09. The molecule has 0 saturated carbocycles. The average molecular weight is 411 g/mol. The number of carbonyl (C=O) groups excluding carboxylic acids is 1. The predicted octanol–water partition coefficient (Wildman–Crippen LogP) is 4.85. The summed E-state index contributed by atoms with van der Waals surface area (Å²) in [6.45, 7) is 4.14. The van der Waals surface area contributed by atoms with Crippen molar-refractivity contribution in [3.63, 3.8) is 0 Å². The lowest BCUT2D eigenvalue weighted by Gasteiger charge is -2.25. The van der Waals surface area contributed by atoms with Crippen LogP contribution in [0.5, 0.6) is 0 Å². The zero-order chi connectivity index (χ0) is 20.1. The Morgan fingerprint density at radius 1 is 1.28 bits per heavy atom. The highest BCUT2D eigenvalue weighted by Gasteiger charge is 2.23. The second kappa shape index (κ2) is 9.37. The fraction of sp³-hybridized carbons (Fsp3) is 0.391. The molecule has 1 aliphatic rings. The minimum Gasteiger partial charge on any atom is -0.441 e. The molecule has 3 heterocycles. The van der Waals surface area contributed by atoms with Gasteiger partial charge in [0.15, 0.2) is 11.7 Å². The fourth-order valence-electron chi connectivity index (χ4n) is 3.53. The minimum atomic E-state index is 0.115. The predicted molar refractivity (Wildman–Crippen MR) is 114 cm³/mol. The number of oxazole rings is 1. The van der Waals surface area contributed by atoms with Crippen molar-refractivity contribution in [1.82, 2.24) is 9.88 Å². The zero-order valence-corrected chi connectivity index (χ0v) is 17.5. The second-order valence-electron chi connectivity index (χ2n) is 7.47. The largest absolute Gasteiger partial charge is 0.441 e. The lowest BCUT2D eigenvalue weighted by Crippen LogP contribution is -2.36. The molecule has 0 bridgehead atoms. The van der Waals surface area contributed by atoms with Gasteiger partial charge in [-0.3, -0.25) is 4.79 Å². The number of amides is 1. The van der Waals surface area contributed by atoms with Crippen molar-refractivity contribution in [3.8, 4) is 11.3 Å². The molecule has 152 valence electrons. The molecular formula is C23H26N2O3S. The molecule has 1 saturated heterocycles. The summed E-state index contributed by atoms with van der Waals surface area (Å²) < 4.78 is 11.6. The van der Waals surface area contributed by atoms with Crippen molar-refractivity contribution in [1.29, 1.82) is 0 Å². The highest BCUT2D eigenvalue weighted by atomic mass is 32.1. The van der Waals surface area contributed by atoms with Crippen molar-refractivity contribution in [2.24, 2.45) is 0 Å². The number of hydrogen-bond donors (Lipinski definition) is 0. The number of ether oxygens (including phenoxy) is 1. The van der Waals surface area contributed by atoms with Crippen molar-refractivity contribution in [2.45, 2.75) is 45.3 Å². The van der Waals surface area contributed by atoms with Gasteiger partial charge in [-0.1, -0.05) is 35.9 Å². The molecule has 1 unspecified atom stereocenters. The summed E-state index contributed by atoms with van der Waals surface area (Å²) in [6.07, 6.45) is 4.86. The van der Waals surface area contributed by atoms with Crippen LogP contribution in [0.15, 0.2) is 52.4 Å². The Bertz CT molecular complexity index is 912. The summed E-state index contributed by atoms with van der Waals surface area (Å²) in [5.41, 5.74) is 2.20. The molecule has 0 aliphatic carbocycles. The zero-order valence-electron chi connectivity index (χ0n) is 16.7. The molecule has 1 aliphatic heterocycles. The third kappa shape index (κ3) is 5.34. The number of thiophene rings is 1.